The molecule has 0 saturated heterocycles. The summed E-state index contributed by atoms with van der Waals surface area (Å²) in [5.41, 5.74) is 2.62. The van der Waals surface area contributed by atoms with Gasteiger partial charge in [0.05, 0.1) is 5.41 Å². The van der Waals surface area contributed by atoms with Crippen LogP contribution in [0.1, 0.15) is 30.0 Å². The largest absolute Gasteiger partial charge is 0.293 e. The average molecular weight is 368 g/mol. The molecule has 0 aromatic heterocycles. The van der Waals surface area contributed by atoms with Crippen molar-refractivity contribution in [1.82, 2.24) is 0 Å². The highest BCUT2D eigenvalue weighted by Crippen LogP contribution is 2.43. The Morgan fingerprint density at radius 1 is 0.786 bits per heavy atom. The van der Waals surface area contributed by atoms with E-state index in [0.717, 1.165) is 23.1 Å². The predicted molar refractivity (Wildman–Crippen MR) is 109 cm³/mol. The zero-order valence-corrected chi connectivity index (χ0v) is 15.6. The van der Waals surface area contributed by atoms with E-state index in [1.165, 1.54) is 18.2 Å². The molecular formula is C25H20O3. The molecule has 0 amide bonds. The van der Waals surface area contributed by atoms with Crippen LogP contribution in [0.2, 0.25) is 0 Å². The summed E-state index contributed by atoms with van der Waals surface area (Å²) in [6, 6.07) is 17.6. The van der Waals surface area contributed by atoms with Crippen molar-refractivity contribution in [3.8, 4) is 0 Å². The van der Waals surface area contributed by atoms with E-state index in [2.05, 4.69) is 0 Å². The lowest BCUT2D eigenvalue weighted by atomic mass is 9.64. The molecule has 0 aliphatic heterocycles. The standard InChI is InChI=1S/C25H20O3/c1-25(22-16-20(26)13-14-23(22)27)21-10-6-5-9-18(21)15-19(24(25)28)12-11-17-7-3-2-4-8-17/h2-10,13-16H,11-12H2,1H3/t25-/m1/s1. The number of hydrogen-bond donors (Lipinski definition) is 0. The Kier molecular flexibility index (Phi) is 4.52. The molecule has 2 aromatic carbocycles. The molecule has 0 heterocycles. The molecule has 2 aliphatic rings. The third kappa shape index (κ3) is 2.99. The highest BCUT2D eigenvalue weighted by Gasteiger charge is 2.46. The lowest BCUT2D eigenvalue weighted by Crippen LogP contribution is -2.42. The van der Waals surface area contributed by atoms with Gasteiger partial charge in [0.1, 0.15) is 0 Å². The minimum absolute atomic E-state index is 0.107. The molecule has 2 aliphatic carbocycles. The lowest BCUT2D eigenvalue weighted by molar-refractivity contribution is -0.122. The molecule has 0 radical (unpaired) electrons. The van der Waals surface area contributed by atoms with Crippen LogP contribution in [0.4, 0.5) is 0 Å². The number of carbonyl (C=O) groups excluding carboxylic acids is 3. The number of Topliss-reactive ketones (excluding diaryl/α,β-unsaturated/α-hetero) is 1. The van der Waals surface area contributed by atoms with Crippen LogP contribution >= 0.6 is 0 Å². The topological polar surface area (TPSA) is 51.2 Å². The number of fused-ring (bicyclic) bond motifs is 1. The maximum atomic E-state index is 13.6. The van der Waals surface area contributed by atoms with E-state index in [1.54, 1.807) is 6.92 Å². The Bertz CT molecular complexity index is 1070. The fourth-order valence-corrected chi connectivity index (χ4v) is 4.05. The highest BCUT2D eigenvalue weighted by molar-refractivity contribution is 6.24. The van der Waals surface area contributed by atoms with Gasteiger partial charge in [0.25, 0.3) is 0 Å². The predicted octanol–water partition coefficient (Wildman–Crippen LogP) is 4.18. The van der Waals surface area contributed by atoms with Crippen LogP contribution in [0, 0.1) is 0 Å². The molecule has 28 heavy (non-hydrogen) atoms. The fraction of sp³-hybridized carbons (Fsp3) is 0.160. The summed E-state index contributed by atoms with van der Waals surface area (Å²) < 4.78 is 0. The fourth-order valence-electron chi connectivity index (χ4n) is 4.05. The first-order valence-electron chi connectivity index (χ1n) is 9.37. The van der Waals surface area contributed by atoms with Crippen LogP contribution in [0.3, 0.4) is 0 Å². The number of carbonyl (C=O) groups is 3. The number of hydrogen-bond acceptors (Lipinski definition) is 3. The van der Waals surface area contributed by atoms with Crippen LogP contribution in [0.5, 0.6) is 0 Å². The zero-order valence-electron chi connectivity index (χ0n) is 15.6. The number of ketones is 3. The van der Waals surface area contributed by atoms with Gasteiger partial charge in [0.2, 0.25) is 0 Å². The smallest absolute Gasteiger partial charge is 0.183 e. The number of aryl methyl sites for hydroxylation is 1. The first-order valence-corrected chi connectivity index (χ1v) is 9.37. The van der Waals surface area contributed by atoms with E-state index in [0.29, 0.717) is 12.0 Å². The van der Waals surface area contributed by atoms with Gasteiger partial charge < -0.3 is 0 Å². The monoisotopic (exact) mass is 368 g/mol. The summed E-state index contributed by atoms with van der Waals surface area (Å²) in [6.45, 7) is 1.76. The molecule has 1 atom stereocenters. The van der Waals surface area contributed by atoms with Crippen LogP contribution in [0.25, 0.3) is 6.08 Å². The van der Waals surface area contributed by atoms with Crippen molar-refractivity contribution < 1.29 is 14.4 Å². The van der Waals surface area contributed by atoms with Crippen molar-refractivity contribution in [2.24, 2.45) is 0 Å². The van der Waals surface area contributed by atoms with Gasteiger partial charge in [-0.25, -0.2) is 0 Å². The Morgan fingerprint density at radius 3 is 2.29 bits per heavy atom. The first-order chi connectivity index (χ1) is 13.5. The second kappa shape index (κ2) is 7.01. The maximum absolute atomic E-state index is 13.6. The Balaban J connectivity index is 1.77. The molecule has 0 unspecified atom stereocenters. The molecule has 0 saturated carbocycles. The van der Waals surface area contributed by atoms with Crippen molar-refractivity contribution in [2.75, 3.05) is 0 Å². The molecule has 3 heteroatoms. The number of rotatable bonds is 4. The molecular weight excluding hydrogens is 348 g/mol. The summed E-state index contributed by atoms with van der Waals surface area (Å²) in [5, 5.41) is 0. The van der Waals surface area contributed by atoms with Gasteiger partial charge in [-0.2, -0.15) is 0 Å². The summed E-state index contributed by atoms with van der Waals surface area (Å²) in [7, 11) is 0. The first kappa shape index (κ1) is 18.1. The summed E-state index contributed by atoms with van der Waals surface area (Å²) >= 11 is 0. The third-order valence-electron chi connectivity index (χ3n) is 5.59. The minimum Gasteiger partial charge on any atom is -0.293 e. The maximum Gasteiger partial charge on any atom is 0.183 e. The lowest BCUT2D eigenvalue weighted by Gasteiger charge is -2.36. The Hall–Kier alpha value is -3.33. The average Bonchev–Trinajstić information content (AvgIpc) is 2.72. The molecule has 138 valence electrons. The van der Waals surface area contributed by atoms with E-state index in [9.17, 15) is 14.4 Å². The SMILES string of the molecule is C[C@@]1(C2=CC(=O)C=CC2=O)C(=O)C(CCc2ccccc2)=Cc2ccccc21. The highest BCUT2D eigenvalue weighted by atomic mass is 16.1. The quantitative estimate of drug-likeness (QED) is 0.761. The number of allylic oxidation sites excluding steroid dienone is 5. The summed E-state index contributed by atoms with van der Waals surface area (Å²) in [5.74, 6) is -0.652. The number of benzene rings is 2. The molecule has 0 bridgehead atoms. The second-order valence-corrected chi connectivity index (χ2v) is 7.35. The van der Waals surface area contributed by atoms with Gasteiger partial charge in [-0.1, -0.05) is 54.6 Å². The third-order valence-corrected chi connectivity index (χ3v) is 5.59. The van der Waals surface area contributed by atoms with Gasteiger partial charge >= 0.3 is 0 Å². The van der Waals surface area contributed by atoms with E-state index in [-0.39, 0.29) is 22.9 Å². The van der Waals surface area contributed by atoms with Gasteiger partial charge in [0.15, 0.2) is 17.3 Å². The van der Waals surface area contributed by atoms with E-state index in [4.69, 9.17) is 0 Å². The molecule has 0 N–H and O–H groups in total. The van der Waals surface area contributed by atoms with Gasteiger partial charge in [-0.05, 0) is 66.3 Å². The molecule has 0 fully saturated rings. The summed E-state index contributed by atoms with van der Waals surface area (Å²) in [4.78, 5) is 38.2. The second-order valence-electron chi connectivity index (χ2n) is 7.35. The van der Waals surface area contributed by atoms with Gasteiger partial charge in [-0.15, -0.1) is 0 Å². The molecule has 2 aromatic rings. The van der Waals surface area contributed by atoms with Crippen molar-refractivity contribution in [3.63, 3.8) is 0 Å². The van der Waals surface area contributed by atoms with E-state index >= 15 is 0 Å². The molecule has 0 spiro atoms. The van der Waals surface area contributed by atoms with E-state index in [1.807, 2.05) is 60.7 Å². The van der Waals surface area contributed by atoms with Crippen molar-refractivity contribution in [2.45, 2.75) is 25.2 Å². The zero-order chi connectivity index (χ0) is 19.7. The van der Waals surface area contributed by atoms with Crippen LogP contribution in [0.15, 0.2) is 84.0 Å². The van der Waals surface area contributed by atoms with Crippen LogP contribution in [-0.4, -0.2) is 17.3 Å². The molecule has 3 nitrogen and oxygen atoms in total. The van der Waals surface area contributed by atoms with Crippen molar-refractivity contribution >= 4 is 23.4 Å². The van der Waals surface area contributed by atoms with Gasteiger partial charge in [0, 0.05) is 5.57 Å². The van der Waals surface area contributed by atoms with Crippen molar-refractivity contribution in [3.05, 3.63) is 101 Å². The normalized spacial score (nSPS) is 21.2. The van der Waals surface area contributed by atoms with Gasteiger partial charge in [-0.3, -0.25) is 14.4 Å². The van der Waals surface area contributed by atoms with E-state index < -0.39 is 5.41 Å². The van der Waals surface area contributed by atoms with Crippen LogP contribution < -0.4 is 0 Å². The minimum atomic E-state index is -1.16. The Morgan fingerprint density at radius 2 is 1.50 bits per heavy atom. The van der Waals surface area contributed by atoms with Crippen LogP contribution in [-0.2, 0) is 26.2 Å². The van der Waals surface area contributed by atoms with Crippen molar-refractivity contribution in [1.29, 1.82) is 0 Å². The summed E-state index contributed by atoms with van der Waals surface area (Å²) in [6.07, 6.45) is 7.08. The molecule has 4 rings (SSSR count). The Labute approximate surface area is 164 Å².